The molecular weight excluding hydrogens is 479 g/mol. The smallest absolute Gasteiger partial charge is 0.446 e. The van der Waals surface area contributed by atoms with Crippen LogP contribution in [0.25, 0.3) is 10.9 Å². The summed E-state index contributed by atoms with van der Waals surface area (Å²) in [6.07, 6.45) is 2.03. The summed E-state index contributed by atoms with van der Waals surface area (Å²) in [5.41, 5.74) is -2.80. The van der Waals surface area contributed by atoms with Crippen LogP contribution in [0.15, 0.2) is 59.6 Å². The summed E-state index contributed by atoms with van der Waals surface area (Å²) in [6, 6.07) is 12.5. The molecule has 0 amide bonds. The molecule has 1 aliphatic heterocycles. The molecule has 1 saturated heterocycles. The Kier molecular flexibility index (Phi) is 6.79. The van der Waals surface area contributed by atoms with E-state index >= 15 is 0 Å². The van der Waals surface area contributed by atoms with Crippen LogP contribution in [-0.4, -0.2) is 52.8 Å². The third-order valence-electron chi connectivity index (χ3n) is 6.31. The predicted octanol–water partition coefficient (Wildman–Crippen LogP) is 5.05. The summed E-state index contributed by atoms with van der Waals surface area (Å²) >= 11 is -0.198. The third-order valence-corrected chi connectivity index (χ3v) is 7.05. The van der Waals surface area contributed by atoms with Crippen molar-refractivity contribution < 1.29 is 27.5 Å². The van der Waals surface area contributed by atoms with Crippen LogP contribution >= 0.6 is 11.8 Å². The van der Waals surface area contributed by atoms with Gasteiger partial charge in [0.25, 0.3) is 0 Å². The number of benzene rings is 2. The zero-order valence-corrected chi connectivity index (χ0v) is 20.2. The normalized spacial score (nSPS) is 18.1. The number of nitrogens with zero attached hydrogens (tertiary/aromatic N) is 3. The first kappa shape index (κ1) is 25.0. The van der Waals surface area contributed by atoms with E-state index in [1.807, 2.05) is 38.1 Å². The lowest BCUT2D eigenvalue weighted by molar-refractivity contribution is -0.131. The van der Waals surface area contributed by atoms with E-state index in [2.05, 4.69) is 9.88 Å². The molecule has 1 atom stereocenters. The highest BCUT2D eigenvalue weighted by Crippen LogP contribution is 2.40. The van der Waals surface area contributed by atoms with Crippen molar-refractivity contribution in [3.05, 3.63) is 60.3 Å². The molecule has 0 N–H and O–H groups in total. The number of aromatic nitrogens is 1. The van der Waals surface area contributed by atoms with Gasteiger partial charge in [0.1, 0.15) is 11.8 Å². The first-order chi connectivity index (χ1) is 16.5. The highest BCUT2D eigenvalue weighted by atomic mass is 32.2. The SMILES string of the molecule is COc1ccc2nccc(CN3CN(c4ccc(SC(F)(F)F)cc4)C(C(=O)C=O)C3(C)C)c2c1. The average molecular weight is 504 g/mol. The lowest BCUT2D eigenvalue weighted by Crippen LogP contribution is -2.51. The largest absolute Gasteiger partial charge is 0.497 e. The number of anilines is 1. The van der Waals surface area contributed by atoms with Crippen molar-refractivity contribution in [2.75, 3.05) is 18.7 Å². The fourth-order valence-corrected chi connectivity index (χ4v) is 5.08. The maximum absolute atomic E-state index is 12.7. The number of halogens is 3. The van der Waals surface area contributed by atoms with E-state index in [1.54, 1.807) is 30.3 Å². The first-order valence-corrected chi connectivity index (χ1v) is 11.6. The van der Waals surface area contributed by atoms with Gasteiger partial charge in [0.2, 0.25) is 5.78 Å². The molecule has 184 valence electrons. The van der Waals surface area contributed by atoms with Crippen LogP contribution in [0.5, 0.6) is 5.75 Å². The Morgan fingerprint density at radius 1 is 1.20 bits per heavy atom. The highest BCUT2D eigenvalue weighted by molar-refractivity contribution is 8.00. The van der Waals surface area contributed by atoms with E-state index in [9.17, 15) is 22.8 Å². The molecule has 0 saturated carbocycles. The first-order valence-electron chi connectivity index (χ1n) is 10.8. The standard InChI is InChI=1S/C25H24F3N3O3S/c1-24(2)23(22(33)14-32)31(17-4-7-19(8-5-17)35-25(26,27)28)15-30(24)13-16-10-11-29-21-9-6-18(34-3)12-20(16)21/h4-12,14,23H,13,15H2,1-3H3. The van der Waals surface area contributed by atoms with E-state index in [1.165, 1.54) is 12.1 Å². The van der Waals surface area contributed by atoms with Gasteiger partial charge in [0.05, 0.1) is 19.3 Å². The van der Waals surface area contributed by atoms with Crippen LogP contribution in [0.4, 0.5) is 18.9 Å². The number of Topliss-reactive ketones (excluding diaryl/α,β-unsaturated/α-hetero) is 1. The maximum Gasteiger partial charge on any atom is 0.446 e. The fourth-order valence-electron chi connectivity index (χ4n) is 4.54. The number of aldehydes is 1. The van der Waals surface area contributed by atoms with E-state index in [0.717, 1.165) is 16.5 Å². The molecule has 1 fully saturated rings. The second-order valence-electron chi connectivity index (χ2n) is 8.78. The molecule has 6 nitrogen and oxygen atoms in total. The van der Waals surface area contributed by atoms with E-state index in [0.29, 0.717) is 30.9 Å². The van der Waals surface area contributed by atoms with Gasteiger partial charge in [0, 0.05) is 34.2 Å². The lowest BCUT2D eigenvalue weighted by atomic mass is 9.90. The van der Waals surface area contributed by atoms with Crippen LogP contribution in [0.3, 0.4) is 0 Å². The van der Waals surface area contributed by atoms with Gasteiger partial charge in [-0.1, -0.05) is 0 Å². The molecule has 2 heterocycles. The monoisotopic (exact) mass is 503 g/mol. The van der Waals surface area contributed by atoms with E-state index in [-0.39, 0.29) is 16.7 Å². The van der Waals surface area contributed by atoms with Crippen molar-refractivity contribution in [3.8, 4) is 5.75 Å². The van der Waals surface area contributed by atoms with E-state index in [4.69, 9.17) is 4.74 Å². The number of hydrogen-bond acceptors (Lipinski definition) is 7. The van der Waals surface area contributed by atoms with E-state index < -0.39 is 22.9 Å². The van der Waals surface area contributed by atoms with Gasteiger partial charge >= 0.3 is 5.51 Å². The maximum atomic E-state index is 12.7. The summed E-state index contributed by atoms with van der Waals surface area (Å²) in [6.45, 7) is 4.53. The fraction of sp³-hybridized carbons (Fsp3) is 0.320. The van der Waals surface area contributed by atoms with Crippen LogP contribution < -0.4 is 9.64 Å². The molecule has 1 aromatic heterocycles. The number of ether oxygens (including phenoxy) is 1. The second kappa shape index (κ2) is 9.50. The zero-order valence-electron chi connectivity index (χ0n) is 19.4. The Hall–Kier alpha value is -3.11. The topological polar surface area (TPSA) is 62.7 Å². The lowest BCUT2D eigenvalue weighted by Gasteiger charge is -2.34. The van der Waals surface area contributed by atoms with Crippen molar-refractivity contribution in [3.63, 3.8) is 0 Å². The Bertz CT molecular complexity index is 1250. The number of alkyl halides is 3. The molecule has 10 heteroatoms. The van der Waals surface area contributed by atoms with Crippen molar-refractivity contribution in [1.82, 2.24) is 9.88 Å². The van der Waals surface area contributed by atoms with Crippen molar-refractivity contribution in [1.29, 1.82) is 0 Å². The number of fused-ring (bicyclic) bond motifs is 1. The summed E-state index contributed by atoms with van der Waals surface area (Å²) in [5.74, 6) is 0.104. The van der Waals surface area contributed by atoms with Crippen molar-refractivity contribution >= 4 is 40.4 Å². The highest BCUT2D eigenvalue weighted by Gasteiger charge is 2.50. The molecule has 35 heavy (non-hydrogen) atoms. The Morgan fingerprint density at radius 3 is 2.54 bits per heavy atom. The minimum atomic E-state index is -4.39. The van der Waals surface area contributed by atoms with Gasteiger partial charge in [-0.15, -0.1) is 0 Å². The molecular formula is C25H24F3N3O3S. The molecule has 0 aliphatic carbocycles. The van der Waals surface area contributed by atoms with Gasteiger partial charge in [-0.2, -0.15) is 13.2 Å². The Balaban J connectivity index is 1.68. The number of methoxy groups -OCH3 is 1. The minimum absolute atomic E-state index is 0.0482. The molecule has 2 aromatic carbocycles. The number of pyridine rings is 1. The van der Waals surface area contributed by atoms with Crippen LogP contribution in [0, 0.1) is 0 Å². The van der Waals surface area contributed by atoms with Gasteiger partial charge in [-0.25, -0.2) is 0 Å². The Labute approximate surface area is 205 Å². The van der Waals surface area contributed by atoms with Crippen molar-refractivity contribution in [2.45, 2.75) is 42.4 Å². The third kappa shape index (κ3) is 5.13. The quantitative estimate of drug-likeness (QED) is 0.254. The summed E-state index contributed by atoms with van der Waals surface area (Å²) in [7, 11) is 1.59. The summed E-state index contributed by atoms with van der Waals surface area (Å²) in [5, 5.41) is 0.910. The van der Waals surface area contributed by atoms with Crippen LogP contribution in [0.2, 0.25) is 0 Å². The molecule has 4 rings (SSSR count). The molecule has 3 aromatic rings. The van der Waals surface area contributed by atoms with Crippen molar-refractivity contribution in [2.24, 2.45) is 0 Å². The number of ketones is 1. The molecule has 0 bridgehead atoms. The number of carbonyl (C=O) groups excluding carboxylic acids is 2. The number of rotatable bonds is 7. The van der Waals surface area contributed by atoms with Crippen LogP contribution in [-0.2, 0) is 16.1 Å². The van der Waals surface area contributed by atoms with Gasteiger partial charge in [-0.3, -0.25) is 19.5 Å². The van der Waals surface area contributed by atoms with Gasteiger partial charge in [0.15, 0.2) is 6.29 Å². The molecule has 1 aliphatic rings. The number of hydrogen-bond donors (Lipinski definition) is 0. The molecule has 0 radical (unpaired) electrons. The summed E-state index contributed by atoms with van der Waals surface area (Å²) in [4.78, 5) is 32.6. The predicted molar refractivity (Wildman–Crippen MR) is 128 cm³/mol. The second-order valence-corrected chi connectivity index (χ2v) is 9.92. The average Bonchev–Trinajstić information content (AvgIpc) is 3.08. The van der Waals surface area contributed by atoms with Gasteiger partial charge in [-0.05, 0) is 79.7 Å². The molecule has 1 unspecified atom stereocenters. The Morgan fingerprint density at radius 2 is 1.91 bits per heavy atom. The van der Waals surface area contributed by atoms with Crippen LogP contribution in [0.1, 0.15) is 19.4 Å². The summed E-state index contributed by atoms with van der Waals surface area (Å²) < 4.78 is 43.5. The minimum Gasteiger partial charge on any atom is -0.497 e. The number of carbonyl (C=O) groups is 2. The number of thioether (sulfide) groups is 1. The zero-order chi connectivity index (χ0) is 25.4. The van der Waals surface area contributed by atoms with Gasteiger partial charge < -0.3 is 9.64 Å². The molecule has 0 spiro atoms.